The lowest BCUT2D eigenvalue weighted by Gasteiger charge is -2.10. The Morgan fingerprint density at radius 2 is 1.82 bits per heavy atom. The summed E-state index contributed by atoms with van der Waals surface area (Å²) in [5.74, 6) is 3.20. The van der Waals surface area contributed by atoms with Crippen molar-refractivity contribution in [2.45, 2.75) is 45.6 Å². The maximum atomic E-state index is 14.4. The standard InChI is InChI=1S/C24H23F2N7/c1-3-5-10-21-27-23(24(25,26)15-4-2)30-33(21)16-17-11-13-18(14-12-17)19-8-6-7-9-20(19)22-28-31-32-29-22/h6-9,11-14H,4,10,15-16H2,1-2H3,(H,28,29,31,32). The highest BCUT2D eigenvalue weighted by molar-refractivity contribution is 5.80. The van der Waals surface area contributed by atoms with E-state index in [1.165, 1.54) is 4.68 Å². The predicted molar refractivity (Wildman–Crippen MR) is 120 cm³/mol. The zero-order chi connectivity index (χ0) is 23.3. The van der Waals surface area contributed by atoms with Gasteiger partial charge in [0.05, 0.1) is 13.0 Å². The summed E-state index contributed by atoms with van der Waals surface area (Å²) < 4.78 is 30.3. The molecule has 4 rings (SSSR count). The third-order valence-electron chi connectivity index (χ3n) is 5.19. The Morgan fingerprint density at radius 1 is 1.06 bits per heavy atom. The zero-order valence-electron chi connectivity index (χ0n) is 18.4. The molecule has 4 aromatic rings. The molecule has 1 N–H and O–H groups in total. The molecule has 0 aliphatic carbocycles. The van der Waals surface area contributed by atoms with E-state index in [-0.39, 0.29) is 12.8 Å². The molecule has 0 aliphatic heterocycles. The fraction of sp³-hybridized carbons (Fsp3) is 0.292. The van der Waals surface area contributed by atoms with Crippen LogP contribution in [0.5, 0.6) is 0 Å². The maximum absolute atomic E-state index is 14.4. The molecule has 7 nitrogen and oxygen atoms in total. The van der Waals surface area contributed by atoms with Crippen LogP contribution in [0.2, 0.25) is 0 Å². The Hall–Kier alpha value is -3.93. The van der Waals surface area contributed by atoms with Crippen molar-refractivity contribution in [3.63, 3.8) is 0 Å². The Balaban J connectivity index is 1.61. The number of H-pyrrole nitrogens is 1. The van der Waals surface area contributed by atoms with Crippen LogP contribution in [0, 0.1) is 11.8 Å². The highest BCUT2D eigenvalue weighted by Crippen LogP contribution is 2.31. The lowest BCUT2D eigenvalue weighted by molar-refractivity contribution is -0.0232. The minimum atomic E-state index is -3.06. The van der Waals surface area contributed by atoms with E-state index in [4.69, 9.17) is 0 Å². The van der Waals surface area contributed by atoms with Gasteiger partial charge in [0.1, 0.15) is 5.82 Å². The van der Waals surface area contributed by atoms with E-state index >= 15 is 0 Å². The van der Waals surface area contributed by atoms with E-state index in [0.29, 0.717) is 24.6 Å². The van der Waals surface area contributed by atoms with Gasteiger partial charge in [-0.1, -0.05) is 61.4 Å². The number of rotatable bonds is 8. The van der Waals surface area contributed by atoms with Crippen LogP contribution in [0.3, 0.4) is 0 Å². The highest BCUT2D eigenvalue weighted by Gasteiger charge is 2.36. The zero-order valence-corrected chi connectivity index (χ0v) is 18.4. The minimum Gasteiger partial charge on any atom is -0.244 e. The molecule has 0 atom stereocenters. The van der Waals surface area contributed by atoms with Gasteiger partial charge < -0.3 is 0 Å². The molecule has 0 fully saturated rings. The van der Waals surface area contributed by atoms with Crippen molar-refractivity contribution in [1.82, 2.24) is 35.4 Å². The van der Waals surface area contributed by atoms with E-state index < -0.39 is 11.7 Å². The maximum Gasteiger partial charge on any atom is 0.308 e. The topological polar surface area (TPSA) is 85.2 Å². The number of benzene rings is 2. The van der Waals surface area contributed by atoms with E-state index in [2.05, 4.69) is 42.5 Å². The largest absolute Gasteiger partial charge is 0.308 e. The molecule has 0 saturated heterocycles. The van der Waals surface area contributed by atoms with Crippen molar-refractivity contribution in [1.29, 1.82) is 0 Å². The lowest BCUT2D eigenvalue weighted by Crippen LogP contribution is -2.15. The van der Waals surface area contributed by atoms with E-state index in [1.807, 2.05) is 48.5 Å². The van der Waals surface area contributed by atoms with Crippen LogP contribution >= 0.6 is 0 Å². The molecule has 2 heterocycles. The molecule has 0 spiro atoms. The molecule has 0 radical (unpaired) electrons. The molecule has 2 aromatic carbocycles. The van der Waals surface area contributed by atoms with Crippen LogP contribution in [0.4, 0.5) is 8.78 Å². The monoisotopic (exact) mass is 447 g/mol. The average molecular weight is 447 g/mol. The van der Waals surface area contributed by atoms with E-state index in [1.54, 1.807) is 13.8 Å². The van der Waals surface area contributed by atoms with Crippen molar-refractivity contribution in [3.8, 4) is 34.4 Å². The minimum absolute atomic E-state index is 0.266. The highest BCUT2D eigenvalue weighted by atomic mass is 19.3. The first-order chi connectivity index (χ1) is 16.0. The molecule has 0 saturated carbocycles. The summed E-state index contributed by atoms with van der Waals surface area (Å²) in [7, 11) is 0. The summed E-state index contributed by atoms with van der Waals surface area (Å²) >= 11 is 0. The number of alkyl halides is 2. The average Bonchev–Trinajstić information content (AvgIpc) is 3.49. The summed E-state index contributed by atoms with van der Waals surface area (Å²) in [4.78, 5) is 4.12. The van der Waals surface area contributed by atoms with Gasteiger partial charge in [0.25, 0.3) is 0 Å². The fourth-order valence-electron chi connectivity index (χ4n) is 3.56. The van der Waals surface area contributed by atoms with Gasteiger partial charge in [-0.3, -0.25) is 0 Å². The van der Waals surface area contributed by atoms with Crippen LogP contribution in [-0.2, 0) is 18.9 Å². The predicted octanol–water partition coefficient (Wildman–Crippen LogP) is 4.63. The lowest BCUT2D eigenvalue weighted by atomic mass is 9.98. The molecule has 0 aliphatic rings. The smallest absolute Gasteiger partial charge is 0.244 e. The number of aromatic nitrogens is 7. The molecule has 33 heavy (non-hydrogen) atoms. The molecule has 2 aromatic heterocycles. The summed E-state index contributed by atoms with van der Waals surface area (Å²) in [5.41, 5.74) is 3.76. The second-order valence-electron chi connectivity index (χ2n) is 7.56. The first kappa shape index (κ1) is 22.3. The summed E-state index contributed by atoms with van der Waals surface area (Å²) in [6, 6.07) is 15.7. The normalized spacial score (nSPS) is 11.3. The van der Waals surface area contributed by atoms with Gasteiger partial charge in [-0.2, -0.15) is 8.78 Å². The Labute approximate surface area is 190 Å². The van der Waals surface area contributed by atoms with Gasteiger partial charge in [-0.05, 0) is 40.5 Å². The number of hydrogen-bond acceptors (Lipinski definition) is 5. The number of nitrogens with one attached hydrogen (secondary N) is 1. The number of nitrogens with zero attached hydrogens (tertiary/aromatic N) is 6. The quantitative estimate of drug-likeness (QED) is 0.398. The second kappa shape index (κ2) is 9.69. The summed E-state index contributed by atoms with van der Waals surface area (Å²) in [6.45, 7) is 3.75. The second-order valence-corrected chi connectivity index (χ2v) is 7.56. The molecule has 0 bridgehead atoms. The Kier molecular flexibility index (Phi) is 6.54. The van der Waals surface area contributed by atoms with Gasteiger partial charge >= 0.3 is 5.92 Å². The van der Waals surface area contributed by atoms with Gasteiger partial charge in [0, 0.05) is 12.0 Å². The van der Waals surface area contributed by atoms with Gasteiger partial charge in [-0.25, -0.2) is 14.8 Å². The molecular weight excluding hydrogens is 424 g/mol. The van der Waals surface area contributed by atoms with Gasteiger partial charge in [0.2, 0.25) is 5.82 Å². The Bertz CT molecular complexity index is 1270. The molecule has 9 heteroatoms. The number of aromatic amines is 1. The van der Waals surface area contributed by atoms with Crippen LogP contribution in [-0.4, -0.2) is 35.4 Å². The van der Waals surface area contributed by atoms with Crippen LogP contribution < -0.4 is 0 Å². The van der Waals surface area contributed by atoms with Gasteiger partial charge in [0.15, 0.2) is 5.82 Å². The van der Waals surface area contributed by atoms with Crippen molar-refractivity contribution in [2.75, 3.05) is 0 Å². The van der Waals surface area contributed by atoms with Crippen LogP contribution in [0.25, 0.3) is 22.5 Å². The number of halogens is 2. The van der Waals surface area contributed by atoms with Crippen molar-refractivity contribution < 1.29 is 8.78 Å². The molecule has 0 unspecified atom stereocenters. The van der Waals surface area contributed by atoms with E-state index in [0.717, 1.165) is 22.3 Å². The first-order valence-corrected chi connectivity index (χ1v) is 10.7. The number of hydrogen-bond donors (Lipinski definition) is 1. The first-order valence-electron chi connectivity index (χ1n) is 10.7. The van der Waals surface area contributed by atoms with Crippen molar-refractivity contribution in [2.24, 2.45) is 0 Å². The third-order valence-corrected chi connectivity index (χ3v) is 5.19. The SMILES string of the molecule is CC#CCc1nc(C(F)(F)CCC)nn1Cc1ccc(-c2ccccc2-c2nnn[nH]2)cc1. The molecule has 0 amide bonds. The Morgan fingerprint density at radius 3 is 2.48 bits per heavy atom. The van der Waals surface area contributed by atoms with E-state index in [9.17, 15) is 8.78 Å². The van der Waals surface area contributed by atoms with Crippen molar-refractivity contribution in [3.05, 3.63) is 65.7 Å². The van der Waals surface area contributed by atoms with Gasteiger partial charge in [-0.15, -0.1) is 16.1 Å². The van der Waals surface area contributed by atoms with Crippen LogP contribution in [0.15, 0.2) is 48.5 Å². The number of tetrazole rings is 1. The molecule has 168 valence electrons. The summed E-state index contributed by atoms with van der Waals surface area (Å²) in [5, 5.41) is 18.2. The third kappa shape index (κ3) is 4.95. The fourth-order valence-corrected chi connectivity index (χ4v) is 3.56. The van der Waals surface area contributed by atoms with Crippen LogP contribution in [0.1, 0.15) is 43.9 Å². The summed E-state index contributed by atoms with van der Waals surface area (Å²) in [6.07, 6.45) is 0.325. The van der Waals surface area contributed by atoms with Crippen molar-refractivity contribution >= 4 is 0 Å². The molecular formula is C24H23F2N7.